The maximum Gasteiger partial charge on any atom is 0.252 e. The third-order valence-electron chi connectivity index (χ3n) is 4.53. The van der Waals surface area contributed by atoms with Gasteiger partial charge in [-0.3, -0.25) is 4.79 Å². The van der Waals surface area contributed by atoms with Crippen molar-refractivity contribution in [2.75, 3.05) is 18.4 Å². The van der Waals surface area contributed by atoms with Crippen LogP contribution in [0.4, 0.5) is 5.82 Å². The fourth-order valence-corrected chi connectivity index (χ4v) is 3.61. The highest BCUT2D eigenvalue weighted by Crippen LogP contribution is 2.28. The molecule has 27 heavy (non-hydrogen) atoms. The average molecular weight is 379 g/mol. The van der Waals surface area contributed by atoms with Crippen LogP contribution in [0.5, 0.6) is 0 Å². The van der Waals surface area contributed by atoms with Gasteiger partial charge in [0, 0.05) is 36.7 Å². The van der Waals surface area contributed by atoms with E-state index in [1.54, 1.807) is 17.5 Å². The van der Waals surface area contributed by atoms with Crippen molar-refractivity contribution in [2.24, 2.45) is 5.92 Å². The van der Waals surface area contributed by atoms with E-state index in [0.29, 0.717) is 18.5 Å². The van der Waals surface area contributed by atoms with Crippen LogP contribution in [0.15, 0.2) is 54.0 Å². The van der Waals surface area contributed by atoms with Crippen LogP contribution in [0.3, 0.4) is 0 Å². The quantitative estimate of drug-likeness (QED) is 0.622. The van der Waals surface area contributed by atoms with Crippen LogP contribution >= 0.6 is 11.3 Å². The number of carbonyl (C=O) groups excluding carboxylic acids is 1. The molecule has 4 rings (SSSR count). The molecule has 1 aliphatic rings. The standard InChI is InChI=1S/C21H22N4OS/c26-20(17-8-9-19(24-13-17)23-12-15-6-7-15)22-11-10-18-14-27-21(25-18)16-4-2-1-3-5-16/h1-5,8-9,13-15H,6-7,10-12H2,(H,22,26)(H,23,24). The van der Waals surface area contributed by atoms with Crippen LogP contribution in [-0.4, -0.2) is 29.0 Å². The van der Waals surface area contributed by atoms with E-state index in [2.05, 4.69) is 38.1 Å². The van der Waals surface area contributed by atoms with Gasteiger partial charge in [-0.2, -0.15) is 0 Å². The lowest BCUT2D eigenvalue weighted by Crippen LogP contribution is -2.25. The average Bonchev–Trinajstić information content (AvgIpc) is 3.43. The number of hydrogen-bond acceptors (Lipinski definition) is 5. The molecule has 0 atom stereocenters. The Morgan fingerprint density at radius 2 is 2.00 bits per heavy atom. The highest BCUT2D eigenvalue weighted by molar-refractivity contribution is 7.13. The predicted octanol–water partition coefficient (Wildman–Crippen LogP) is 4.00. The number of nitrogens with zero attached hydrogens (tertiary/aromatic N) is 2. The van der Waals surface area contributed by atoms with E-state index in [4.69, 9.17) is 0 Å². The van der Waals surface area contributed by atoms with Crippen LogP contribution in [0.2, 0.25) is 0 Å². The number of carbonyl (C=O) groups is 1. The third kappa shape index (κ3) is 4.92. The molecule has 1 aliphatic carbocycles. The van der Waals surface area contributed by atoms with E-state index >= 15 is 0 Å². The van der Waals surface area contributed by atoms with E-state index < -0.39 is 0 Å². The lowest BCUT2D eigenvalue weighted by molar-refractivity contribution is 0.0954. The van der Waals surface area contributed by atoms with Crippen molar-refractivity contribution in [3.63, 3.8) is 0 Å². The van der Waals surface area contributed by atoms with E-state index in [1.807, 2.05) is 30.3 Å². The predicted molar refractivity (Wildman–Crippen MR) is 109 cm³/mol. The molecular weight excluding hydrogens is 356 g/mol. The molecule has 0 aliphatic heterocycles. The molecule has 0 spiro atoms. The number of hydrogen-bond donors (Lipinski definition) is 2. The summed E-state index contributed by atoms with van der Waals surface area (Å²) in [7, 11) is 0. The Morgan fingerprint density at radius 3 is 2.74 bits per heavy atom. The van der Waals surface area contributed by atoms with Gasteiger partial charge in [0.2, 0.25) is 0 Å². The smallest absolute Gasteiger partial charge is 0.252 e. The molecule has 0 radical (unpaired) electrons. The molecule has 6 heteroatoms. The fraction of sp³-hybridized carbons (Fsp3) is 0.286. The third-order valence-corrected chi connectivity index (χ3v) is 5.47. The summed E-state index contributed by atoms with van der Waals surface area (Å²) in [6, 6.07) is 13.8. The summed E-state index contributed by atoms with van der Waals surface area (Å²) < 4.78 is 0. The van der Waals surface area contributed by atoms with E-state index in [1.165, 1.54) is 12.8 Å². The number of rotatable bonds is 8. The molecule has 2 heterocycles. The molecule has 2 aromatic heterocycles. The van der Waals surface area contributed by atoms with Crippen LogP contribution < -0.4 is 10.6 Å². The van der Waals surface area contributed by atoms with Crippen molar-refractivity contribution in [2.45, 2.75) is 19.3 Å². The second-order valence-corrected chi connectivity index (χ2v) is 7.63. The normalized spacial score (nSPS) is 13.3. The number of nitrogens with one attached hydrogen (secondary N) is 2. The number of benzene rings is 1. The lowest BCUT2D eigenvalue weighted by Gasteiger charge is -2.06. The Kier molecular flexibility index (Phi) is 5.44. The zero-order valence-corrected chi connectivity index (χ0v) is 15.8. The SMILES string of the molecule is O=C(NCCc1csc(-c2ccccc2)n1)c1ccc(NCC2CC2)nc1. The maximum atomic E-state index is 12.3. The second-order valence-electron chi connectivity index (χ2n) is 6.77. The minimum absolute atomic E-state index is 0.102. The molecule has 5 nitrogen and oxygen atoms in total. The van der Waals surface area contributed by atoms with Gasteiger partial charge < -0.3 is 10.6 Å². The molecule has 1 saturated carbocycles. The van der Waals surface area contributed by atoms with Crippen molar-refractivity contribution in [1.29, 1.82) is 0 Å². The van der Waals surface area contributed by atoms with Crippen molar-refractivity contribution in [3.8, 4) is 10.6 Å². The van der Waals surface area contributed by atoms with Crippen LogP contribution in [0.25, 0.3) is 10.6 Å². The minimum Gasteiger partial charge on any atom is -0.370 e. The second kappa shape index (κ2) is 8.31. The Balaban J connectivity index is 1.25. The first-order chi connectivity index (χ1) is 13.3. The Labute approximate surface area is 162 Å². The minimum atomic E-state index is -0.102. The van der Waals surface area contributed by atoms with Crippen molar-refractivity contribution in [3.05, 3.63) is 65.3 Å². The first-order valence-corrected chi connectivity index (χ1v) is 10.1. The molecule has 1 fully saturated rings. The summed E-state index contributed by atoms with van der Waals surface area (Å²) in [6.45, 7) is 1.52. The zero-order valence-electron chi connectivity index (χ0n) is 15.0. The molecule has 1 amide bonds. The van der Waals surface area contributed by atoms with Crippen molar-refractivity contribution in [1.82, 2.24) is 15.3 Å². The number of anilines is 1. The summed E-state index contributed by atoms with van der Waals surface area (Å²) in [6.07, 6.45) is 4.95. The van der Waals surface area contributed by atoms with Crippen LogP contribution in [0, 0.1) is 5.92 Å². The number of aromatic nitrogens is 2. The summed E-state index contributed by atoms with van der Waals surface area (Å²) in [5.74, 6) is 1.52. The molecule has 0 unspecified atom stereocenters. The van der Waals surface area contributed by atoms with Crippen molar-refractivity contribution >= 4 is 23.1 Å². The number of pyridine rings is 1. The summed E-state index contributed by atoms with van der Waals surface area (Å²) in [5, 5.41) is 9.31. The number of amides is 1. The molecule has 1 aromatic carbocycles. The zero-order chi connectivity index (χ0) is 18.5. The van der Waals surface area contributed by atoms with Gasteiger partial charge >= 0.3 is 0 Å². The maximum absolute atomic E-state index is 12.3. The van der Waals surface area contributed by atoms with E-state index in [-0.39, 0.29) is 5.91 Å². The van der Waals surface area contributed by atoms with Gasteiger partial charge in [0.1, 0.15) is 10.8 Å². The van der Waals surface area contributed by atoms with Gasteiger partial charge in [-0.05, 0) is 30.9 Å². The summed E-state index contributed by atoms with van der Waals surface area (Å²) >= 11 is 1.63. The molecule has 2 N–H and O–H groups in total. The van der Waals surface area contributed by atoms with Crippen molar-refractivity contribution < 1.29 is 4.79 Å². The Bertz CT molecular complexity index is 888. The van der Waals surface area contributed by atoms with E-state index in [9.17, 15) is 4.79 Å². The van der Waals surface area contributed by atoms with Gasteiger partial charge in [-0.1, -0.05) is 30.3 Å². The topological polar surface area (TPSA) is 66.9 Å². The van der Waals surface area contributed by atoms with Crippen LogP contribution in [-0.2, 0) is 6.42 Å². The van der Waals surface area contributed by atoms with Gasteiger partial charge in [-0.25, -0.2) is 9.97 Å². The highest BCUT2D eigenvalue weighted by Gasteiger charge is 2.20. The molecule has 0 bridgehead atoms. The summed E-state index contributed by atoms with van der Waals surface area (Å²) in [5.41, 5.74) is 2.70. The number of thiazole rings is 1. The molecule has 3 aromatic rings. The lowest BCUT2D eigenvalue weighted by atomic mass is 10.2. The van der Waals surface area contributed by atoms with Gasteiger partial charge in [0.05, 0.1) is 11.3 Å². The summed E-state index contributed by atoms with van der Waals surface area (Å²) in [4.78, 5) is 21.2. The molecule has 138 valence electrons. The van der Waals surface area contributed by atoms with Gasteiger partial charge in [0.25, 0.3) is 5.91 Å². The highest BCUT2D eigenvalue weighted by atomic mass is 32.1. The van der Waals surface area contributed by atoms with E-state index in [0.717, 1.165) is 34.5 Å². The molecule has 0 saturated heterocycles. The first-order valence-electron chi connectivity index (χ1n) is 9.26. The monoisotopic (exact) mass is 378 g/mol. The molecular formula is C21H22N4OS. The Morgan fingerprint density at radius 1 is 1.15 bits per heavy atom. The first kappa shape index (κ1) is 17.7. The Hall–Kier alpha value is -2.73. The van der Waals surface area contributed by atoms with Crippen LogP contribution in [0.1, 0.15) is 28.9 Å². The largest absolute Gasteiger partial charge is 0.370 e. The van der Waals surface area contributed by atoms with Gasteiger partial charge in [0.15, 0.2) is 0 Å². The van der Waals surface area contributed by atoms with Gasteiger partial charge in [-0.15, -0.1) is 11.3 Å². The fourth-order valence-electron chi connectivity index (χ4n) is 2.74.